The highest BCUT2D eigenvalue weighted by Gasteiger charge is 2.19. The molecule has 4 heteroatoms. The van der Waals surface area contributed by atoms with Gasteiger partial charge in [-0.15, -0.1) is 0 Å². The molecule has 1 rings (SSSR count). The van der Waals surface area contributed by atoms with Crippen molar-refractivity contribution in [3.63, 3.8) is 0 Å². The van der Waals surface area contributed by atoms with Gasteiger partial charge in [0.25, 0.3) is 5.91 Å². The quantitative estimate of drug-likeness (QED) is 0.501. The highest BCUT2D eigenvalue weighted by atomic mass is 16.5. The molecule has 10 heavy (non-hydrogen) atoms. The number of amides is 1. The average Bonchev–Trinajstić information content (AvgIpc) is 1.88. The lowest BCUT2D eigenvalue weighted by Gasteiger charge is -2.15. The summed E-state index contributed by atoms with van der Waals surface area (Å²) >= 11 is 0. The molecule has 0 aliphatic carbocycles. The second kappa shape index (κ2) is 2.43. The summed E-state index contributed by atoms with van der Waals surface area (Å²) < 4.78 is 4.80. The first-order valence-corrected chi connectivity index (χ1v) is 2.79. The van der Waals surface area contributed by atoms with E-state index in [4.69, 9.17) is 16.2 Å². The van der Waals surface area contributed by atoms with Crippen molar-refractivity contribution in [1.29, 1.82) is 0 Å². The lowest BCUT2D eigenvalue weighted by atomic mass is 10.2. The number of hydrogen-bond donors (Lipinski definition) is 2. The van der Waals surface area contributed by atoms with E-state index in [1.54, 1.807) is 12.2 Å². The van der Waals surface area contributed by atoms with Gasteiger partial charge in [0.2, 0.25) is 6.10 Å². The van der Waals surface area contributed by atoms with E-state index in [-0.39, 0.29) is 0 Å². The van der Waals surface area contributed by atoms with Gasteiger partial charge in [0, 0.05) is 0 Å². The molecule has 0 saturated heterocycles. The highest BCUT2D eigenvalue weighted by Crippen LogP contribution is 2.06. The molecule has 1 unspecified atom stereocenters. The van der Waals surface area contributed by atoms with Crippen molar-refractivity contribution in [2.24, 2.45) is 11.5 Å². The van der Waals surface area contributed by atoms with E-state index in [0.717, 1.165) is 0 Å². The first kappa shape index (κ1) is 6.67. The molecular formula is C6H8N2O2. The minimum absolute atomic E-state index is 0.343. The molecule has 0 aromatic carbocycles. The molecule has 0 aromatic rings. The molecule has 54 valence electrons. The van der Waals surface area contributed by atoms with Gasteiger partial charge < -0.3 is 16.2 Å². The molecule has 0 spiro atoms. The summed E-state index contributed by atoms with van der Waals surface area (Å²) in [5, 5.41) is 0. The predicted octanol–water partition coefficient (Wildman–Crippen LogP) is -0.773. The maximum atomic E-state index is 10.5. The Kier molecular flexibility index (Phi) is 1.62. The zero-order valence-electron chi connectivity index (χ0n) is 5.28. The van der Waals surface area contributed by atoms with Crippen LogP contribution in [0.1, 0.15) is 0 Å². The zero-order chi connectivity index (χ0) is 7.56. The van der Waals surface area contributed by atoms with Crippen molar-refractivity contribution in [3.05, 3.63) is 24.1 Å². The van der Waals surface area contributed by atoms with Crippen LogP contribution in [-0.2, 0) is 9.53 Å². The molecule has 0 radical (unpaired) electrons. The Morgan fingerprint density at radius 1 is 1.70 bits per heavy atom. The third-order valence-corrected chi connectivity index (χ3v) is 1.14. The molecule has 0 aromatic heterocycles. The summed E-state index contributed by atoms with van der Waals surface area (Å²) in [5.41, 5.74) is 10.6. The van der Waals surface area contributed by atoms with Crippen LogP contribution in [0.3, 0.4) is 0 Å². The number of carbonyl (C=O) groups excluding carboxylic acids is 1. The molecular weight excluding hydrogens is 132 g/mol. The van der Waals surface area contributed by atoms with Gasteiger partial charge in [-0.1, -0.05) is 0 Å². The van der Waals surface area contributed by atoms with Crippen LogP contribution in [0.5, 0.6) is 0 Å². The normalized spacial score (nSPS) is 23.2. The van der Waals surface area contributed by atoms with Crippen molar-refractivity contribution in [3.8, 4) is 0 Å². The fourth-order valence-corrected chi connectivity index (χ4v) is 0.672. The van der Waals surface area contributed by atoms with E-state index in [9.17, 15) is 4.79 Å². The van der Waals surface area contributed by atoms with Crippen LogP contribution in [0.25, 0.3) is 0 Å². The number of ether oxygens (including phenoxy) is 1. The highest BCUT2D eigenvalue weighted by molar-refractivity contribution is 5.82. The number of hydrogen-bond acceptors (Lipinski definition) is 3. The third-order valence-electron chi connectivity index (χ3n) is 1.14. The van der Waals surface area contributed by atoms with E-state index < -0.39 is 12.0 Å². The van der Waals surface area contributed by atoms with Gasteiger partial charge in [-0.05, 0) is 12.2 Å². The lowest BCUT2D eigenvalue weighted by molar-refractivity contribution is -0.124. The molecule has 4 nitrogen and oxygen atoms in total. The fourth-order valence-electron chi connectivity index (χ4n) is 0.672. The second-order valence-electron chi connectivity index (χ2n) is 1.91. The van der Waals surface area contributed by atoms with Crippen molar-refractivity contribution in [1.82, 2.24) is 0 Å². The maximum Gasteiger partial charge on any atom is 0.264 e. The summed E-state index contributed by atoms with van der Waals surface area (Å²) in [7, 11) is 0. The van der Waals surface area contributed by atoms with Gasteiger partial charge in [0.15, 0.2) is 0 Å². The Balaban J connectivity index is 2.73. The summed E-state index contributed by atoms with van der Waals surface area (Å²) in [6.45, 7) is 0. The SMILES string of the molecule is NC(=O)C1OC=CC=C1N. The zero-order valence-corrected chi connectivity index (χ0v) is 5.28. The van der Waals surface area contributed by atoms with Crippen LogP contribution in [0.15, 0.2) is 24.1 Å². The molecule has 0 bridgehead atoms. The molecule has 4 N–H and O–H groups in total. The minimum Gasteiger partial charge on any atom is -0.482 e. The molecule has 1 atom stereocenters. The van der Waals surface area contributed by atoms with E-state index in [2.05, 4.69) is 0 Å². The Labute approximate surface area is 58.1 Å². The van der Waals surface area contributed by atoms with Crippen LogP contribution in [0.4, 0.5) is 0 Å². The first-order chi connectivity index (χ1) is 4.72. The smallest absolute Gasteiger partial charge is 0.264 e. The van der Waals surface area contributed by atoms with Crippen LogP contribution in [0.2, 0.25) is 0 Å². The van der Waals surface area contributed by atoms with Gasteiger partial charge in [-0.2, -0.15) is 0 Å². The fraction of sp³-hybridized carbons (Fsp3) is 0.167. The lowest BCUT2D eigenvalue weighted by Crippen LogP contribution is -2.35. The topological polar surface area (TPSA) is 78.3 Å². The van der Waals surface area contributed by atoms with Crippen LogP contribution in [0, 0.1) is 0 Å². The van der Waals surface area contributed by atoms with E-state index in [1.165, 1.54) is 6.26 Å². The number of rotatable bonds is 1. The summed E-state index contributed by atoms with van der Waals surface area (Å²) in [5.74, 6) is -0.571. The number of carbonyl (C=O) groups is 1. The molecule has 1 aliphatic rings. The van der Waals surface area contributed by atoms with E-state index in [0.29, 0.717) is 5.70 Å². The van der Waals surface area contributed by atoms with Crippen LogP contribution < -0.4 is 11.5 Å². The van der Waals surface area contributed by atoms with Gasteiger partial charge in [-0.25, -0.2) is 0 Å². The van der Waals surface area contributed by atoms with Crippen LogP contribution in [-0.4, -0.2) is 12.0 Å². The van der Waals surface area contributed by atoms with Crippen molar-refractivity contribution in [2.75, 3.05) is 0 Å². The first-order valence-electron chi connectivity index (χ1n) is 2.79. The monoisotopic (exact) mass is 140 g/mol. The predicted molar refractivity (Wildman–Crippen MR) is 35.5 cm³/mol. The van der Waals surface area contributed by atoms with E-state index in [1.807, 2.05) is 0 Å². The Morgan fingerprint density at radius 2 is 2.40 bits per heavy atom. The Morgan fingerprint density at radius 3 is 2.80 bits per heavy atom. The van der Waals surface area contributed by atoms with Crippen LogP contribution >= 0.6 is 0 Å². The summed E-state index contributed by atoms with van der Waals surface area (Å²) in [6.07, 6.45) is 3.78. The molecule has 1 heterocycles. The van der Waals surface area contributed by atoms with Gasteiger partial charge in [0.1, 0.15) is 0 Å². The third kappa shape index (κ3) is 1.10. The molecule has 0 fully saturated rings. The van der Waals surface area contributed by atoms with Crippen molar-refractivity contribution < 1.29 is 9.53 Å². The second-order valence-corrected chi connectivity index (χ2v) is 1.91. The number of allylic oxidation sites excluding steroid dienone is 2. The molecule has 1 amide bonds. The summed E-state index contributed by atoms with van der Waals surface area (Å²) in [6, 6.07) is 0. The minimum atomic E-state index is -0.787. The van der Waals surface area contributed by atoms with Crippen molar-refractivity contribution >= 4 is 5.91 Å². The number of primary amides is 1. The largest absolute Gasteiger partial charge is 0.482 e. The van der Waals surface area contributed by atoms with Crippen molar-refractivity contribution in [2.45, 2.75) is 6.10 Å². The maximum absolute atomic E-state index is 10.5. The van der Waals surface area contributed by atoms with Gasteiger partial charge in [-0.3, -0.25) is 4.79 Å². The standard InChI is InChI=1S/C6H8N2O2/c7-4-2-1-3-10-5(4)6(8)9/h1-3,5H,7H2,(H2,8,9). The molecule has 0 saturated carbocycles. The van der Waals surface area contributed by atoms with E-state index >= 15 is 0 Å². The summed E-state index contributed by atoms with van der Waals surface area (Å²) in [4.78, 5) is 10.5. The van der Waals surface area contributed by atoms with Gasteiger partial charge in [0.05, 0.1) is 12.0 Å². The van der Waals surface area contributed by atoms with Gasteiger partial charge >= 0.3 is 0 Å². The Bertz CT molecular complexity index is 208. The average molecular weight is 140 g/mol. The molecule has 1 aliphatic heterocycles. The Hall–Kier alpha value is -1.45. The number of nitrogens with two attached hydrogens (primary N) is 2.